The molecule has 7 heteroatoms. The van der Waals surface area contributed by atoms with Crippen molar-refractivity contribution in [1.82, 2.24) is 20.7 Å². The van der Waals surface area contributed by atoms with Crippen molar-refractivity contribution in [3.8, 4) is 0 Å². The first-order valence-corrected chi connectivity index (χ1v) is 6.02. The quantitative estimate of drug-likeness (QED) is 0.645. The van der Waals surface area contributed by atoms with E-state index in [9.17, 15) is 9.59 Å². The fraction of sp³-hybridized carbons (Fsp3) is 0.818. The summed E-state index contributed by atoms with van der Waals surface area (Å²) in [6, 6.07) is -0.356. The number of hydrazine groups is 1. The molecule has 2 amide bonds. The first-order valence-electron chi connectivity index (χ1n) is 6.02. The summed E-state index contributed by atoms with van der Waals surface area (Å²) in [6.07, 6.45) is -0.108. The molecule has 0 aromatic rings. The van der Waals surface area contributed by atoms with Gasteiger partial charge in [0.2, 0.25) is 0 Å². The molecule has 7 nitrogen and oxygen atoms in total. The van der Waals surface area contributed by atoms with Gasteiger partial charge in [0.05, 0.1) is 6.42 Å². The molecule has 0 radical (unpaired) electrons. The Morgan fingerprint density at radius 1 is 1.22 bits per heavy atom. The number of carbonyl (C=O) groups is 2. The lowest BCUT2D eigenvalue weighted by Gasteiger charge is -2.33. The number of hydrogen-bond acceptors (Lipinski definition) is 4. The van der Waals surface area contributed by atoms with Crippen LogP contribution in [-0.4, -0.2) is 65.8 Å². The third kappa shape index (κ3) is 5.33. The van der Waals surface area contributed by atoms with Crippen LogP contribution >= 0.6 is 0 Å². The van der Waals surface area contributed by atoms with Gasteiger partial charge in [0, 0.05) is 31.7 Å². The van der Waals surface area contributed by atoms with Gasteiger partial charge in [0.15, 0.2) is 0 Å². The van der Waals surface area contributed by atoms with E-state index in [2.05, 4.69) is 15.6 Å². The summed E-state index contributed by atoms with van der Waals surface area (Å²) in [5.41, 5.74) is 1.97. The fourth-order valence-corrected chi connectivity index (χ4v) is 1.82. The van der Waals surface area contributed by atoms with E-state index < -0.39 is 11.5 Å². The zero-order valence-electron chi connectivity index (χ0n) is 11.2. The molecule has 18 heavy (non-hydrogen) atoms. The van der Waals surface area contributed by atoms with Crippen LogP contribution in [0.4, 0.5) is 4.79 Å². The number of likely N-dealkylation sites (N-methyl/N-ethyl adjacent to an activating group) is 1. The maximum atomic E-state index is 11.7. The molecular weight excluding hydrogens is 236 g/mol. The number of rotatable bonds is 4. The number of nitrogens with zero attached hydrogens (tertiary/aromatic N) is 2. The van der Waals surface area contributed by atoms with Gasteiger partial charge >= 0.3 is 12.0 Å². The predicted octanol–water partition coefficient (Wildman–Crippen LogP) is -0.299. The largest absolute Gasteiger partial charge is 0.481 e. The Kier molecular flexibility index (Phi) is 4.92. The predicted molar refractivity (Wildman–Crippen MR) is 67.1 cm³/mol. The summed E-state index contributed by atoms with van der Waals surface area (Å²) < 4.78 is 0. The molecule has 1 saturated heterocycles. The van der Waals surface area contributed by atoms with Crippen molar-refractivity contribution < 1.29 is 14.7 Å². The number of carbonyl (C=O) groups excluding carboxylic acids is 1. The first-order chi connectivity index (χ1) is 8.28. The van der Waals surface area contributed by atoms with E-state index in [1.807, 2.05) is 12.1 Å². The van der Waals surface area contributed by atoms with Gasteiger partial charge in [0.25, 0.3) is 0 Å². The van der Waals surface area contributed by atoms with Crippen LogP contribution in [0.2, 0.25) is 0 Å². The fourth-order valence-electron chi connectivity index (χ4n) is 1.82. The monoisotopic (exact) mass is 258 g/mol. The molecule has 1 aliphatic rings. The highest BCUT2D eigenvalue weighted by Gasteiger charge is 2.25. The van der Waals surface area contributed by atoms with Crippen LogP contribution in [0, 0.1) is 0 Å². The van der Waals surface area contributed by atoms with Crippen LogP contribution in [0.5, 0.6) is 0 Å². The number of piperazine rings is 1. The molecule has 1 aliphatic heterocycles. The Hall–Kier alpha value is -1.34. The van der Waals surface area contributed by atoms with Gasteiger partial charge < -0.3 is 15.3 Å². The Morgan fingerprint density at radius 3 is 2.28 bits per heavy atom. The summed E-state index contributed by atoms with van der Waals surface area (Å²) in [7, 11) is 2.04. The lowest BCUT2D eigenvalue weighted by atomic mass is 10.0. The maximum absolute atomic E-state index is 11.7. The SMILES string of the molecule is CN1CCN(NC(=O)NC(C)(C)CC(=O)O)CC1. The second-order valence-corrected chi connectivity index (χ2v) is 5.31. The third-order valence-corrected chi connectivity index (χ3v) is 2.81. The average molecular weight is 258 g/mol. The highest BCUT2D eigenvalue weighted by molar-refractivity contribution is 5.76. The number of hydrogen-bond donors (Lipinski definition) is 3. The molecule has 0 aromatic carbocycles. The number of carboxylic acids is 1. The van der Waals surface area contributed by atoms with Gasteiger partial charge in [-0.2, -0.15) is 0 Å². The van der Waals surface area contributed by atoms with Gasteiger partial charge in [-0.15, -0.1) is 0 Å². The van der Waals surface area contributed by atoms with Crippen LogP contribution in [-0.2, 0) is 4.79 Å². The number of aliphatic carboxylic acids is 1. The summed E-state index contributed by atoms with van der Waals surface area (Å²) in [5.74, 6) is -0.931. The van der Waals surface area contributed by atoms with Crippen LogP contribution in [0.25, 0.3) is 0 Å². The molecular formula is C11H22N4O3. The second kappa shape index (κ2) is 6.01. The van der Waals surface area contributed by atoms with Crippen molar-refractivity contribution in [2.75, 3.05) is 33.2 Å². The van der Waals surface area contributed by atoms with E-state index in [4.69, 9.17) is 5.11 Å². The van der Waals surface area contributed by atoms with Crippen molar-refractivity contribution in [3.05, 3.63) is 0 Å². The van der Waals surface area contributed by atoms with Crippen LogP contribution in [0.1, 0.15) is 20.3 Å². The summed E-state index contributed by atoms with van der Waals surface area (Å²) in [6.45, 7) is 6.71. The van der Waals surface area contributed by atoms with Gasteiger partial charge in [-0.25, -0.2) is 9.80 Å². The van der Waals surface area contributed by atoms with Crippen molar-refractivity contribution in [2.24, 2.45) is 0 Å². The molecule has 0 aromatic heterocycles. The Labute approximate surface area is 107 Å². The van der Waals surface area contributed by atoms with Crippen LogP contribution < -0.4 is 10.7 Å². The summed E-state index contributed by atoms with van der Waals surface area (Å²) in [5, 5.41) is 13.2. The smallest absolute Gasteiger partial charge is 0.329 e. The molecule has 1 fully saturated rings. The summed E-state index contributed by atoms with van der Waals surface area (Å²) in [4.78, 5) is 24.5. The number of nitrogens with one attached hydrogen (secondary N) is 2. The molecule has 0 atom stereocenters. The molecule has 0 saturated carbocycles. The van der Waals surface area contributed by atoms with E-state index in [0.717, 1.165) is 26.2 Å². The minimum Gasteiger partial charge on any atom is -0.481 e. The zero-order valence-corrected chi connectivity index (χ0v) is 11.2. The van der Waals surface area contributed by atoms with E-state index >= 15 is 0 Å². The van der Waals surface area contributed by atoms with Gasteiger partial charge in [-0.05, 0) is 20.9 Å². The molecule has 0 spiro atoms. The van der Waals surface area contributed by atoms with E-state index in [1.165, 1.54) is 0 Å². The Balaban J connectivity index is 2.35. The van der Waals surface area contributed by atoms with E-state index in [0.29, 0.717) is 0 Å². The van der Waals surface area contributed by atoms with Crippen molar-refractivity contribution in [1.29, 1.82) is 0 Å². The minimum absolute atomic E-state index is 0.108. The standard InChI is InChI=1S/C11H22N4O3/c1-11(2,8-9(16)17)12-10(18)13-15-6-4-14(3)5-7-15/h4-8H2,1-3H3,(H,16,17)(H2,12,13,18). The summed E-state index contributed by atoms with van der Waals surface area (Å²) >= 11 is 0. The molecule has 0 aliphatic carbocycles. The molecule has 1 heterocycles. The van der Waals surface area contributed by atoms with Gasteiger partial charge in [-0.3, -0.25) is 10.2 Å². The van der Waals surface area contributed by atoms with Crippen molar-refractivity contribution >= 4 is 12.0 Å². The molecule has 3 N–H and O–H groups in total. The molecule has 0 bridgehead atoms. The Bertz CT molecular complexity index is 311. The average Bonchev–Trinajstić information content (AvgIpc) is 2.18. The lowest BCUT2D eigenvalue weighted by Crippen LogP contribution is -2.58. The first kappa shape index (κ1) is 14.7. The number of urea groups is 1. The third-order valence-electron chi connectivity index (χ3n) is 2.81. The normalized spacial score (nSPS) is 18.4. The van der Waals surface area contributed by atoms with Gasteiger partial charge in [-0.1, -0.05) is 0 Å². The zero-order chi connectivity index (χ0) is 13.8. The van der Waals surface area contributed by atoms with Gasteiger partial charge in [0.1, 0.15) is 0 Å². The Morgan fingerprint density at radius 2 is 1.78 bits per heavy atom. The highest BCUT2D eigenvalue weighted by atomic mass is 16.4. The van der Waals surface area contributed by atoms with Crippen LogP contribution in [0.15, 0.2) is 0 Å². The van der Waals surface area contributed by atoms with Crippen molar-refractivity contribution in [2.45, 2.75) is 25.8 Å². The topological polar surface area (TPSA) is 84.9 Å². The van der Waals surface area contributed by atoms with E-state index in [-0.39, 0.29) is 12.5 Å². The highest BCUT2D eigenvalue weighted by Crippen LogP contribution is 2.07. The lowest BCUT2D eigenvalue weighted by molar-refractivity contribution is -0.138. The molecule has 104 valence electrons. The molecule has 1 rings (SSSR count). The number of amides is 2. The maximum Gasteiger partial charge on any atom is 0.329 e. The molecule has 0 unspecified atom stereocenters. The van der Waals surface area contributed by atoms with E-state index in [1.54, 1.807) is 13.8 Å². The van der Waals surface area contributed by atoms with Crippen molar-refractivity contribution in [3.63, 3.8) is 0 Å². The van der Waals surface area contributed by atoms with Crippen LogP contribution in [0.3, 0.4) is 0 Å². The second-order valence-electron chi connectivity index (χ2n) is 5.31. The minimum atomic E-state index is -0.931. The number of carboxylic acid groups (broad SMARTS) is 1.